The first-order valence-corrected chi connectivity index (χ1v) is 5.57. The highest BCUT2D eigenvalue weighted by atomic mass is 32.1. The normalized spacial score (nSPS) is 10.4. The van der Waals surface area contributed by atoms with E-state index in [1.807, 2.05) is 0 Å². The van der Waals surface area contributed by atoms with Crippen LogP contribution < -0.4 is 5.73 Å². The molecule has 0 unspecified atom stereocenters. The van der Waals surface area contributed by atoms with Crippen molar-refractivity contribution in [1.82, 2.24) is 0 Å². The molecule has 0 saturated heterocycles. The van der Waals surface area contributed by atoms with Crippen LogP contribution in [0.5, 0.6) is 0 Å². The van der Waals surface area contributed by atoms with Crippen LogP contribution in [0.15, 0.2) is 35.0 Å². The van der Waals surface area contributed by atoms with Gasteiger partial charge in [0.25, 0.3) is 0 Å². The van der Waals surface area contributed by atoms with Crippen LogP contribution >= 0.6 is 11.3 Å². The van der Waals surface area contributed by atoms with Crippen molar-refractivity contribution >= 4 is 11.3 Å². The fourth-order valence-corrected chi connectivity index (χ4v) is 2.33. The minimum atomic E-state index is 0.614. The van der Waals surface area contributed by atoms with Crippen molar-refractivity contribution < 1.29 is 0 Å². The molecular weight excluding hydrogens is 190 g/mol. The SMILES string of the molecule is Cc1cscc1-c1ccc(CN)cc1. The third-order valence-corrected chi connectivity index (χ3v) is 3.22. The molecular formula is C12H13NS. The molecule has 0 aliphatic heterocycles. The summed E-state index contributed by atoms with van der Waals surface area (Å²) in [5.74, 6) is 0. The summed E-state index contributed by atoms with van der Waals surface area (Å²) in [6.45, 7) is 2.76. The van der Waals surface area contributed by atoms with Crippen molar-refractivity contribution in [3.8, 4) is 11.1 Å². The van der Waals surface area contributed by atoms with Crippen LogP contribution in [0.2, 0.25) is 0 Å². The van der Waals surface area contributed by atoms with Crippen molar-refractivity contribution in [1.29, 1.82) is 0 Å². The first-order valence-electron chi connectivity index (χ1n) is 4.63. The van der Waals surface area contributed by atoms with E-state index in [1.165, 1.54) is 22.3 Å². The molecule has 2 aromatic rings. The second-order valence-corrected chi connectivity index (χ2v) is 4.11. The maximum absolute atomic E-state index is 5.55. The molecule has 1 aromatic heterocycles. The van der Waals surface area contributed by atoms with Crippen LogP contribution in [-0.4, -0.2) is 0 Å². The summed E-state index contributed by atoms with van der Waals surface area (Å²) in [4.78, 5) is 0. The van der Waals surface area contributed by atoms with E-state index in [0.717, 1.165) is 0 Å². The molecule has 0 amide bonds. The maximum Gasteiger partial charge on any atom is 0.0178 e. The van der Waals surface area contributed by atoms with E-state index < -0.39 is 0 Å². The van der Waals surface area contributed by atoms with Crippen LogP contribution in [0.3, 0.4) is 0 Å². The van der Waals surface area contributed by atoms with E-state index in [0.29, 0.717) is 6.54 Å². The quantitative estimate of drug-likeness (QED) is 0.797. The molecule has 1 aromatic carbocycles. The van der Waals surface area contributed by atoms with Crippen molar-refractivity contribution in [2.75, 3.05) is 0 Å². The van der Waals surface area contributed by atoms with Gasteiger partial charge in [0.2, 0.25) is 0 Å². The molecule has 1 nitrogen and oxygen atoms in total. The Balaban J connectivity index is 2.39. The summed E-state index contributed by atoms with van der Waals surface area (Å²) < 4.78 is 0. The first-order chi connectivity index (χ1) is 6.81. The predicted molar refractivity (Wildman–Crippen MR) is 62.4 cm³/mol. The number of aryl methyl sites for hydroxylation is 1. The molecule has 0 saturated carbocycles. The average Bonchev–Trinajstić information content (AvgIpc) is 2.65. The Morgan fingerprint density at radius 3 is 2.36 bits per heavy atom. The second-order valence-electron chi connectivity index (χ2n) is 3.37. The Labute approximate surface area is 88.2 Å². The van der Waals surface area contributed by atoms with E-state index in [-0.39, 0.29) is 0 Å². The Morgan fingerprint density at radius 2 is 1.86 bits per heavy atom. The molecule has 72 valence electrons. The van der Waals surface area contributed by atoms with Gasteiger partial charge < -0.3 is 5.73 Å². The summed E-state index contributed by atoms with van der Waals surface area (Å²) in [6.07, 6.45) is 0. The minimum Gasteiger partial charge on any atom is -0.326 e. The average molecular weight is 203 g/mol. The van der Waals surface area contributed by atoms with Gasteiger partial charge in [0, 0.05) is 6.54 Å². The lowest BCUT2D eigenvalue weighted by Crippen LogP contribution is -1.95. The second kappa shape index (κ2) is 3.95. The van der Waals surface area contributed by atoms with Crippen molar-refractivity contribution in [3.05, 3.63) is 46.2 Å². The van der Waals surface area contributed by atoms with Crippen LogP contribution in [0.4, 0.5) is 0 Å². The van der Waals surface area contributed by atoms with Gasteiger partial charge in [0.1, 0.15) is 0 Å². The van der Waals surface area contributed by atoms with E-state index >= 15 is 0 Å². The van der Waals surface area contributed by atoms with E-state index in [2.05, 4.69) is 41.9 Å². The van der Waals surface area contributed by atoms with Crippen molar-refractivity contribution in [2.24, 2.45) is 5.73 Å². The van der Waals surface area contributed by atoms with Gasteiger partial charge in [-0.15, -0.1) is 0 Å². The van der Waals surface area contributed by atoms with E-state index in [4.69, 9.17) is 5.73 Å². The van der Waals surface area contributed by atoms with Gasteiger partial charge in [-0.3, -0.25) is 0 Å². The standard InChI is InChI=1S/C12H13NS/c1-9-7-14-8-12(9)11-4-2-10(6-13)3-5-11/h2-5,7-8H,6,13H2,1H3. The van der Waals surface area contributed by atoms with Crippen LogP contribution in [0.25, 0.3) is 11.1 Å². The third-order valence-electron chi connectivity index (χ3n) is 2.36. The van der Waals surface area contributed by atoms with Crippen molar-refractivity contribution in [3.63, 3.8) is 0 Å². The van der Waals surface area contributed by atoms with Gasteiger partial charge in [0.05, 0.1) is 0 Å². The largest absolute Gasteiger partial charge is 0.326 e. The smallest absolute Gasteiger partial charge is 0.0178 e. The lowest BCUT2D eigenvalue weighted by molar-refractivity contribution is 1.07. The molecule has 0 aliphatic rings. The fourth-order valence-electron chi connectivity index (χ4n) is 1.48. The topological polar surface area (TPSA) is 26.0 Å². The first kappa shape index (κ1) is 9.44. The highest BCUT2D eigenvalue weighted by Crippen LogP contribution is 2.26. The molecule has 0 radical (unpaired) electrons. The van der Waals surface area contributed by atoms with Crippen LogP contribution in [0, 0.1) is 6.92 Å². The zero-order valence-corrected chi connectivity index (χ0v) is 8.97. The number of hydrogen-bond donors (Lipinski definition) is 1. The molecule has 0 aliphatic carbocycles. The Hall–Kier alpha value is -1.12. The minimum absolute atomic E-state index is 0.614. The van der Waals surface area contributed by atoms with E-state index in [9.17, 15) is 0 Å². The molecule has 0 bridgehead atoms. The van der Waals surface area contributed by atoms with Gasteiger partial charge in [-0.25, -0.2) is 0 Å². The number of hydrogen-bond acceptors (Lipinski definition) is 2. The molecule has 1 heterocycles. The highest BCUT2D eigenvalue weighted by Gasteiger charge is 2.01. The number of nitrogens with two attached hydrogens (primary N) is 1. The lowest BCUT2D eigenvalue weighted by Gasteiger charge is -2.01. The van der Waals surface area contributed by atoms with Crippen molar-refractivity contribution in [2.45, 2.75) is 13.5 Å². The zero-order chi connectivity index (χ0) is 9.97. The highest BCUT2D eigenvalue weighted by molar-refractivity contribution is 7.08. The number of rotatable bonds is 2. The molecule has 2 N–H and O–H groups in total. The molecule has 0 atom stereocenters. The number of thiophene rings is 1. The molecule has 0 fully saturated rings. The summed E-state index contributed by atoms with van der Waals surface area (Å²) in [5, 5.41) is 4.36. The van der Waals surface area contributed by atoms with Crippen LogP contribution in [-0.2, 0) is 6.54 Å². The van der Waals surface area contributed by atoms with Gasteiger partial charge in [0.15, 0.2) is 0 Å². The molecule has 2 rings (SSSR count). The third kappa shape index (κ3) is 1.72. The molecule has 14 heavy (non-hydrogen) atoms. The summed E-state index contributed by atoms with van der Waals surface area (Å²) in [6, 6.07) is 8.45. The summed E-state index contributed by atoms with van der Waals surface area (Å²) in [5.41, 5.74) is 10.7. The Kier molecular flexibility index (Phi) is 2.66. The summed E-state index contributed by atoms with van der Waals surface area (Å²) in [7, 11) is 0. The van der Waals surface area contributed by atoms with E-state index in [1.54, 1.807) is 11.3 Å². The Morgan fingerprint density at radius 1 is 1.14 bits per heavy atom. The zero-order valence-electron chi connectivity index (χ0n) is 8.16. The number of benzene rings is 1. The fraction of sp³-hybridized carbons (Fsp3) is 0.167. The van der Waals surface area contributed by atoms with Crippen LogP contribution in [0.1, 0.15) is 11.1 Å². The van der Waals surface area contributed by atoms with Gasteiger partial charge >= 0.3 is 0 Å². The van der Waals surface area contributed by atoms with Gasteiger partial charge in [-0.05, 0) is 39.9 Å². The Bertz CT molecular complexity index is 414. The molecule has 0 spiro atoms. The molecule has 2 heteroatoms. The maximum atomic E-state index is 5.55. The van der Waals surface area contributed by atoms with Gasteiger partial charge in [-0.1, -0.05) is 24.3 Å². The summed E-state index contributed by atoms with van der Waals surface area (Å²) >= 11 is 1.75. The van der Waals surface area contributed by atoms with Gasteiger partial charge in [-0.2, -0.15) is 11.3 Å². The lowest BCUT2D eigenvalue weighted by atomic mass is 10.0. The monoisotopic (exact) mass is 203 g/mol. The predicted octanol–water partition coefficient (Wildman–Crippen LogP) is 3.18.